The molecule has 7 nitrogen and oxygen atoms in total. The summed E-state index contributed by atoms with van der Waals surface area (Å²) in [7, 11) is 0. The molecule has 3 heterocycles. The van der Waals surface area contributed by atoms with Crippen LogP contribution in [0.4, 0.5) is 5.82 Å². The van der Waals surface area contributed by atoms with Crippen LogP contribution in [-0.2, 0) is 12.0 Å². The van der Waals surface area contributed by atoms with Crippen LogP contribution in [0.25, 0.3) is 0 Å². The van der Waals surface area contributed by atoms with Crippen LogP contribution in [0.5, 0.6) is 0 Å². The number of nitrogens with zero attached hydrogens (tertiary/aromatic N) is 6. The monoisotopic (exact) mass is 412 g/mol. The number of aryl methyl sites for hydroxylation is 3. The molecular formula is C23H36N6O. The lowest BCUT2D eigenvalue weighted by Crippen LogP contribution is -2.47. The van der Waals surface area contributed by atoms with Gasteiger partial charge in [-0.2, -0.15) is 4.98 Å². The first-order chi connectivity index (χ1) is 14.1. The van der Waals surface area contributed by atoms with E-state index in [0.29, 0.717) is 0 Å². The first-order valence-electron chi connectivity index (χ1n) is 11.0. The van der Waals surface area contributed by atoms with Crippen molar-refractivity contribution in [2.75, 3.05) is 37.6 Å². The van der Waals surface area contributed by atoms with Gasteiger partial charge in [0.05, 0.1) is 0 Å². The quantitative estimate of drug-likeness (QED) is 0.680. The van der Waals surface area contributed by atoms with Gasteiger partial charge in [0, 0.05) is 61.3 Å². The van der Waals surface area contributed by atoms with Gasteiger partial charge in [-0.1, -0.05) is 20.8 Å². The van der Waals surface area contributed by atoms with E-state index in [9.17, 15) is 4.79 Å². The fourth-order valence-corrected chi connectivity index (χ4v) is 3.90. The Bertz CT molecular complexity index is 922. The smallest absolute Gasteiger partial charge is 0.347 e. The summed E-state index contributed by atoms with van der Waals surface area (Å²) < 4.78 is 1.79. The second kappa shape index (κ2) is 9.25. The summed E-state index contributed by atoms with van der Waals surface area (Å²) in [6, 6.07) is 4.07. The molecule has 1 saturated heterocycles. The SMILES string of the molecule is Cc1cc(N2CCN(CCCCn3c(C)cc(C)nc3=O)CC2)nc(C(C)(C)C)n1. The molecule has 0 atom stereocenters. The van der Waals surface area contributed by atoms with Gasteiger partial charge in [0.1, 0.15) is 11.6 Å². The van der Waals surface area contributed by atoms with Gasteiger partial charge in [0.15, 0.2) is 0 Å². The molecule has 0 amide bonds. The maximum Gasteiger partial charge on any atom is 0.347 e. The topological polar surface area (TPSA) is 67.2 Å². The highest BCUT2D eigenvalue weighted by Gasteiger charge is 2.22. The summed E-state index contributed by atoms with van der Waals surface area (Å²) in [6.45, 7) is 18.2. The van der Waals surface area contributed by atoms with Crippen molar-refractivity contribution in [2.45, 2.75) is 66.3 Å². The number of anilines is 1. The molecule has 1 fully saturated rings. The van der Waals surface area contributed by atoms with Crippen LogP contribution in [0.2, 0.25) is 0 Å². The molecular weight excluding hydrogens is 376 g/mol. The zero-order valence-corrected chi connectivity index (χ0v) is 19.4. The predicted octanol–water partition coefficient (Wildman–Crippen LogP) is 2.86. The van der Waals surface area contributed by atoms with E-state index < -0.39 is 0 Å². The van der Waals surface area contributed by atoms with Crippen LogP contribution in [0.3, 0.4) is 0 Å². The molecule has 1 aliphatic rings. The number of hydrogen-bond acceptors (Lipinski definition) is 6. The molecule has 0 unspecified atom stereocenters. The largest absolute Gasteiger partial charge is 0.354 e. The lowest BCUT2D eigenvalue weighted by atomic mass is 9.95. The summed E-state index contributed by atoms with van der Waals surface area (Å²) in [6.07, 6.45) is 2.08. The van der Waals surface area contributed by atoms with Gasteiger partial charge in [0.2, 0.25) is 0 Å². The van der Waals surface area contributed by atoms with Crippen molar-refractivity contribution in [3.8, 4) is 0 Å². The van der Waals surface area contributed by atoms with Crippen molar-refractivity contribution in [1.82, 2.24) is 24.4 Å². The first-order valence-corrected chi connectivity index (χ1v) is 11.0. The van der Waals surface area contributed by atoms with E-state index in [1.807, 2.05) is 26.8 Å². The van der Waals surface area contributed by atoms with Crippen molar-refractivity contribution >= 4 is 5.82 Å². The number of hydrogen-bond donors (Lipinski definition) is 0. The summed E-state index contributed by atoms with van der Waals surface area (Å²) >= 11 is 0. The van der Waals surface area contributed by atoms with Crippen LogP contribution in [0.15, 0.2) is 16.9 Å². The molecule has 0 radical (unpaired) electrons. The van der Waals surface area contributed by atoms with E-state index in [1.165, 1.54) is 0 Å². The molecule has 0 saturated carbocycles. The second-order valence-corrected chi connectivity index (χ2v) is 9.45. The van der Waals surface area contributed by atoms with Gasteiger partial charge in [-0.3, -0.25) is 9.47 Å². The Morgan fingerprint density at radius 3 is 2.13 bits per heavy atom. The molecule has 30 heavy (non-hydrogen) atoms. The minimum Gasteiger partial charge on any atom is -0.354 e. The van der Waals surface area contributed by atoms with Gasteiger partial charge in [0.25, 0.3) is 0 Å². The van der Waals surface area contributed by atoms with Crippen LogP contribution in [0.1, 0.15) is 56.5 Å². The Morgan fingerprint density at radius 1 is 0.867 bits per heavy atom. The summed E-state index contributed by atoms with van der Waals surface area (Å²) in [4.78, 5) is 30.5. The molecule has 0 bridgehead atoms. The lowest BCUT2D eigenvalue weighted by Gasteiger charge is -2.36. The molecule has 1 aliphatic heterocycles. The summed E-state index contributed by atoms with van der Waals surface area (Å²) in [5.41, 5.74) is 2.64. The molecule has 0 aliphatic carbocycles. The van der Waals surface area contributed by atoms with Crippen LogP contribution in [0, 0.1) is 20.8 Å². The molecule has 7 heteroatoms. The Morgan fingerprint density at radius 2 is 1.50 bits per heavy atom. The zero-order chi connectivity index (χ0) is 21.9. The fraction of sp³-hybridized carbons (Fsp3) is 0.652. The Hall–Kier alpha value is -2.28. The van der Waals surface area contributed by atoms with Gasteiger partial charge in [-0.15, -0.1) is 0 Å². The van der Waals surface area contributed by atoms with Crippen molar-refractivity contribution in [1.29, 1.82) is 0 Å². The standard InChI is InChI=1S/C23H36N6O/c1-17-15-19(3)29(22(30)25-17)10-8-7-9-27-11-13-28(14-12-27)20-16-18(2)24-21(26-20)23(4,5)6/h15-16H,7-14H2,1-6H3. The van der Waals surface area contributed by atoms with Gasteiger partial charge >= 0.3 is 5.69 Å². The lowest BCUT2D eigenvalue weighted by molar-refractivity contribution is 0.250. The highest BCUT2D eigenvalue weighted by Crippen LogP contribution is 2.22. The average Bonchev–Trinajstić information content (AvgIpc) is 2.66. The third-order valence-corrected chi connectivity index (χ3v) is 5.66. The molecule has 164 valence electrons. The van der Waals surface area contributed by atoms with Crippen LogP contribution < -0.4 is 10.6 Å². The summed E-state index contributed by atoms with van der Waals surface area (Å²) in [5, 5.41) is 0. The molecule has 0 aromatic carbocycles. The number of unbranched alkanes of at least 4 members (excludes halogenated alkanes) is 1. The summed E-state index contributed by atoms with van der Waals surface area (Å²) in [5.74, 6) is 1.96. The van der Waals surface area contributed by atoms with Crippen molar-refractivity contribution in [2.24, 2.45) is 0 Å². The third kappa shape index (κ3) is 5.65. The van der Waals surface area contributed by atoms with Gasteiger partial charge in [-0.25, -0.2) is 14.8 Å². The highest BCUT2D eigenvalue weighted by molar-refractivity contribution is 5.41. The average molecular weight is 413 g/mol. The first kappa shape index (κ1) is 22.4. The minimum absolute atomic E-state index is 0.0458. The Kier molecular flexibility index (Phi) is 6.91. The number of rotatable bonds is 6. The molecule has 2 aromatic rings. The molecule has 0 N–H and O–H groups in total. The predicted molar refractivity (Wildman–Crippen MR) is 121 cm³/mol. The van der Waals surface area contributed by atoms with Crippen molar-refractivity contribution < 1.29 is 0 Å². The Balaban J connectivity index is 1.48. The van der Waals surface area contributed by atoms with E-state index in [2.05, 4.69) is 46.6 Å². The zero-order valence-electron chi connectivity index (χ0n) is 19.4. The molecule has 0 spiro atoms. The van der Waals surface area contributed by atoms with E-state index >= 15 is 0 Å². The van der Waals surface area contributed by atoms with Gasteiger partial charge in [-0.05, 0) is 46.2 Å². The van der Waals surface area contributed by atoms with E-state index in [-0.39, 0.29) is 11.1 Å². The van der Waals surface area contributed by atoms with E-state index in [4.69, 9.17) is 4.98 Å². The van der Waals surface area contributed by atoms with Crippen molar-refractivity contribution in [3.05, 3.63) is 45.5 Å². The van der Waals surface area contributed by atoms with E-state index in [0.717, 1.165) is 80.8 Å². The number of aromatic nitrogens is 4. The number of piperazine rings is 1. The Labute approximate surface area is 180 Å². The maximum absolute atomic E-state index is 12.1. The van der Waals surface area contributed by atoms with Gasteiger partial charge < -0.3 is 4.90 Å². The molecule has 3 rings (SSSR count). The third-order valence-electron chi connectivity index (χ3n) is 5.66. The second-order valence-electron chi connectivity index (χ2n) is 9.45. The van der Waals surface area contributed by atoms with E-state index in [1.54, 1.807) is 4.57 Å². The highest BCUT2D eigenvalue weighted by atomic mass is 16.1. The fourth-order valence-electron chi connectivity index (χ4n) is 3.90. The maximum atomic E-state index is 12.1. The van der Waals surface area contributed by atoms with Crippen LogP contribution in [-0.4, -0.2) is 57.1 Å². The normalized spacial score (nSPS) is 15.6. The van der Waals surface area contributed by atoms with Crippen molar-refractivity contribution in [3.63, 3.8) is 0 Å². The minimum atomic E-state index is -0.129. The molecule has 2 aromatic heterocycles. The van der Waals surface area contributed by atoms with Crippen LogP contribution >= 0.6 is 0 Å².